The maximum absolute atomic E-state index is 10.5. The van der Waals surface area contributed by atoms with Crippen molar-refractivity contribution in [2.75, 3.05) is 6.54 Å². The lowest BCUT2D eigenvalue weighted by molar-refractivity contribution is -0.685. The van der Waals surface area contributed by atoms with Crippen LogP contribution in [0.15, 0.2) is 41.7 Å². The van der Waals surface area contributed by atoms with Crippen molar-refractivity contribution in [1.82, 2.24) is 0 Å². The number of aliphatic carboxylic acids is 1. The van der Waals surface area contributed by atoms with E-state index in [1.54, 1.807) is 17.0 Å². The predicted molar refractivity (Wildman–Crippen MR) is 54.8 cm³/mol. The van der Waals surface area contributed by atoms with Gasteiger partial charge >= 0.3 is 5.97 Å². The van der Waals surface area contributed by atoms with Crippen LogP contribution in [0.1, 0.15) is 5.56 Å². The van der Waals surface area contributed by atoms with Gasteiger partial charge in [-0.1, -0.05) is 6.08 Å². The van der Waals surface area contributed by atoms with Crippen LogP contribution in [0.25, 0.3) is 0 Å². The molecule has 0 radical (unpaired) electrons. The predicted octanol–water partition coefficient (Wildman–Crippen LogP) is 0.418. The van der Waals surface area contributed by atoms with E-state index in [1.807, 2.05) is 24.3 Å². The number of nitrogens with zero attached hydrogens (tertiary/aromatic N) is 2. The summed E-state index contributed by atoms with van der Waals surface area (Å²) >= 11 is 0. The van der Waals surface area contributed by atoms with E-state index < -0.39 is 5.97 Å². The van der Waals surface area contributed by atoms with Gasteiger partial charge in [-0.3, -0.25) is 4.99 Å². The van der Waals surface area contributed by atoms with Gasteiger partial charge < -0.3 is 5.11 Å². The highest BCUT2D eigenvalue weighted by Crippen LogP contribution is 2.04. The second kappa shape index (κ2) is 4.04. The Balaban J connectivity index is 2.17. The fraction of sp³-hybridized carbons (Fsp3) is 0.182. The van der Waals surface area contributed by atoms with Crippen molar-refractivity contribution in [3.8, 4) is 0 Å². The van der Waals surface area contributed by atoms with E-state index in [2.05, 4.69) is 4.99 Å². The van der Waals surface area contributed by atoms with Crippen molar-refractivity contribution >= 4 is 11.7 Å². The number of rotatable bonds is 3. The zero-order valence-corrected chi connectivity index (χ0v) is 8.13. The average molecular weight is 203 g/mol. The minimum Gasteiger partial charge on any atom is -0.477 e. The molecule has 76 valence electrons. The third-order valence-corrected chi connectivity index (χ3v) is 2.15. The second-order valence-corrected chi connectivity index (χ2v) is 3.28. The van der Waals surface area contributed by atoms with Gasteiger partial charge in [0.25, 0.3) is 0 Å². The van der Waals surface area contributed by atoms with Gasteiger partial charge in [0.2, 0.25) is 6.54 Å². The molecular weight excluding hydrogens is 192 g/mol. The average Bonchev–Trinajstić information content (AvgIpc) is 2.71. The molecular formula is C11H11N2O2+. The fourth-order valence-electron chi connectivity index (χ4n) is 1.45. The quantitative estimate of drug-likeness (QED) is 0.724. The molecule has 1 aromatic heterocycles. The Hall–Kier alpha value is -1.97. The standard InChI is InChI=1S/C11H10N2O2/c14-11(15)8-13-6-3-9(4-7-13)10-2-1-5-12-10/h1-4,6-7H,5,8H2/p+1. The molecule has 2 rings (SSSR count). The maximum Gasteiger partial charge on any atom is 0.370 e. The summed E-state index contributed by atoms with van der Waals surface area (Å²) in [6.07, 6.45) is 7.46. The van der Waals surface area contributed by atoms with Crippen LogP contribution in [0.4, 0.5) is 0 Å². The van der Waals surface area contributed by atoms with E-state index >= 15 is 0 Å². The second-order valence-electron chi connectivity index (χ2n) is 3.28. The molecule has 1 aliphatic heterocycles. The molecule has 1 aromatic rings. The Morgan fingerprint density at radius 1 is 1.47 bits per heavy atom. The number of pyridine rings is 1. The van der Waals surface area contributed by atoms with E-state index in [0.29, 0.717) is 0 Å². The number of carboxylic acid groups (broad SMARTS) is 1. The first-order valence-electron chi connectivity index (χ1n) is 4.68. The molecule has 0 fully saturated rings. The van der Waals surface area contributed by atoms with Crippen LogP contribution in [0.3, 0.4) is 0 Å². The molecule has 0 aromatic carbocycles. The molecule has 0 unspecified atom stereocenters. The normalized spacial score (nSPS) is 14.0. The first kappa shape index (κ1) is 9.58. The Bertz CT molecular complexity index is 432. The molecule has 0 atom stereocenters. The molecule has 4 nitrogen and oxygen atoms in total. The summed E-state index contributed by atoms with van der Waals surface area (Å²) in [5.41, 5.74) is 1.97. The summed E-state index contributed by atoms with van der Waals surface area (Å²) < 4.78 is 1.62. The summed E-state index contributed by atoms with van der Waals surface area (Å²) in [6, 6.07) is 3.74. The zero-order valence-electron chi connectivity index (χ0n) is 8.13. The topological polar surface area (TPSA) is 53.5 Å². The number of carbonyl (C=O) groups is 1. The van der Waals surface area contributed by atoms with Gasteiger partial charge in [-0.25, -0.2) is 4.79 Å². The summed E-state index contributed by atoms with van der Waals surface area (Å²) in [4.78, 5) is 14.7. The number of hydrogen-bond donors (Lipinski definition) is 1. The van der Waals surface area contributed by atoms with Crippen LogP contribution < -0.4 is 4.57 Å². The summed E-state index contributed by atoms with van der Waals surface area (Å²) in [5.74, 6) is -0.842. The summed E-state index contributed by atoms with van der Waals surface area (Å²) in [6.45, 7) is 0.724. The number of aliphatic imine (C=N–C) groups is 1. The summed E-state index contributed by atoms with van der Waals surface area (Å²) in [7, 11) is 0. The van der Waals surface area contributed by atoms with Crippen molar-refractivity contribution < 1.29 is 14.5 Å². The van der Waals surface area contributed by atoms with Crippen molar-refractivity contribution in [3.05, 3.63) is 42.2 Å². The molecule has 0 bridgehead atoms. The van der Waals surface area contributed by atoms with Gasteiger partial charge in [-0.15, -0.1) is 0 Å². The van der Waals surface area contributed by atoms with Crippen molar-refractivity contribution in [2.45, 2.75) is 6.54 Å². The van der Waals surface area contributed by atoms with Crippen LogP contribution in [0.2, 0.25) is 0 Å². The van der Waals surface area contributed by atoms with Crippen LogP contribution in [-0.2, 0) is 11.3 Å². The third-order valence-electron chi connectivity index (χ3n) is 2.15. The van der Waals surface area contributed by atoms with Gasteiger partial charge in [0, 0.05) is 17.7 Å². The van der Waals surface area contributed by atoms with Gasteiger partial charge in [0.15, 0.2) is 12.4 Å². The number of allylic oxidation sites excluding steroid dienone is 1. The highest BCUT2D eigenvalue weighted by molar-refractivity contribution is 6.09. The molecule has 1 N–H and O–H groups in total. The largest absolute Gasteiger partial charge is 0.477 e. The maximum atomic E-state index is 10.5. The SMILES string of the molecule is O=C(O)C[n+]1ccc(C2=NCC=C2)cc1. The van der Waals surface area contributed by atoms with Gasteiger partial charge in [0.05, 0.1) is 12.3 Å². The van der Waals surface area contributed by atoms with E-state index in [1.165, 1.54) is 0 Å². The smallest absolute Gasteiger partial charge is 0.370 e. The van der Waals surface area contributed by atoms with Crippen molar-refractivity contribution in [3.63, 3.8) is 0 Å². The van der Waals surface area contributed by atoms with Crippen LogP contribution >= 0.6 is 0 Å². The van der Waals surface area contributed by atoms with Crippen molar-refractivity contribution in [2.24, 2.45) is 4.99 Å². The first-order chi connectivity index (χ1) is 7.25. The molecule has 2 heterocycles. The molecule has 0 spiro atoms. The molecule has 4 heteroatoms. The fourth-order valence-corrected chi connectivity index (χ4v) is 1.45. The summed E-state index contributed by atoms with van der Waals surface area (Å²) in [5, 5.41) is 8.59. The van der Waals surface area contributed by atoms with Crippen molar-refractivity contribution in [1.29, 1.82) is 0 Å². The molecule has 0 amide bonds. The van der Waals surface area contributed by atoms with Gasteiger partial charge in [-0.05, 0) is 6.08 Å². The van der Waals surface area contributed by atoms with E-state index in [9.17, 15) is 4.79 Å². The lowest BCUT2D eigenvalue weighted by atomic mass is 10.1. The molecule has 15 heavy (non-hydrogen) atoms. The number of aromatic nitrogens is 1. The van der Waals surface area contributed by atoms with Crippen LogP contribution in [-0.4, -0.2) is 23.3 Å². The van der Waals surface area contributed by atoms with E-state index in [0.717, 1.165) is 17.8 Å². The third kappa shape index (κ3) is 2.28. The van der Waals surface area contributed by atoms with Crippen LogP contribution in [0.5, 0.6) is 0 Å². The molecule has 1 aliphatic rings. The van der Waals surface area contributed by atoms with E-state index in [4.69, 9.17) is 5.11 Å². The van der Waals surface area contributed by atoms with Crippen LogP contribution in [0, 0.1) is 0 Å². The lowest BCUT2D eigenvalue weighted by Gasteiger charge is -1.97. The highest BCUT2D eigenvalue weighted by atomic mass is 16.4. The monoisotopic (exact) mass is 203 g/mol. The van der Waals surface area contributed by atoms with E-state index in [-0.39, 0.29) is 6.54 Å². The number of carboxylic acids is 1. The Labute approximate surface area is 87.2 Å². The minimum atomic E-state index is -0.842. The minimum absolute atomic E-state index is 0.0113. The Kier molecular flexibility index (Phi) is 2.58. The first-order valence-corrected chi connectivity index (χ1v) is 4.68. The molecule has 0 aliphatic carbocycles. The number of hydrogen-bond acceptors (Lipinski definition) is 2. The zero-order chi connectivity index (χ0) is 10.7. The highest BCUT2D eigenvalue weighted by Gasteiger charge is 2.08. The van der Waals surface area contributed by atoms with Gasteiger partial charge in [-0.2, -0.15) is 4.57 Å². The lowest BCUT2D eigenvalue weighted by Crippen LogP contribution is -2.37. The Morgan fingerprint density at radius 3 is 2.73 bits per heavy atom. The molecule has 0 saturated carbocycles. The Morgan fingerprint density at radius 2 is 2.20 bits per heavy atom. The van der Waals surface area contributed by atoms with Gasteiger partial charge in [0.1, 0.15) is 0 Å². The molecule has 0 saturated heterocycles.